The molecule has 53 heavy (non-hydrogen) atoms. The molecule has 2 rings (SSSR count). The number of aliphatic imine (C=N–C) groups is 2. The number of nitrogens with one attached hydrogen (secondary N) is 5. The van der Waals surface area contributed by atoms with E-state index in [1.165, 1.54) is 24.7 Å². The maximum Gasteiger partial charge on any atom is 0.243 e. The van der Waals surface area contributed by atoms with Gasteiger partial charge in [0.25, 0.3) is 0 Å². The van der Waals surface area contributed by atoms with Crippen molar-refractivity contribution in [3.8, 4) is 5.75 Å². The number of rotatable bonds is 23. The smallest absolute Gasteiger partial charge is 0.243 e. The number of hydrogen-bond donors (Lipinski definition) is 12. The fourth-order valence-electron chi connectivity index (χ4n) is 5.16. The molecule has 1 aromatic carbocycles. The highest BCUT2D eigenvalue weighted by Gasteiger charge is 2.32. The summed E-state index contributed by atoms with van der Waals surface area (Å²) in [5.41, 5.74) is 34.7. The Labute approximate surface area is 307 Å². The largest absolute Gasteiger partial charge is 0.508 e. The molecule has 0 saturated heterocycles. The first-order valence-electron chi connectivity index (χ1n) is 17.2. The molecule has 0 saturated carbocycles. The van der Waals surface area contributed by atoms with Crippen LogP contribution in [0.2, 0.25) is 0 Å². The summed E-state index contributed by atoms with van der Waals surface area (Å²) in [6.45, 7) is 4.00. The van der Waals surface area contributed by atoms with E-state index in [1.54, 1.807) is 12.1 Å². The van der Waals surface area contributed by atoms with Crippen molar-refractivity contribution in [2.75, 3.05) is 13.1 Å². The van der Waals surface area contributed by atoms with E-state index in [0.29, 0.717) is 17.7 Å². The molecule has 0 aliphatic carbocycles. The van der Waals surface area contributed by atoms with Gasteiger partial charge in [-0.3, -0.25) is 34.0 Å². The molecule has 5 amide bonds. The lowest BCUT2D eigenvalue weighted by Crippen LogP contribution is -2.59. The maximum absolute atomic E-state index is 13.8. The van der Waals surface area contributed by atoms with Crippen LogP contribution in [0.15, 0.2) is 46.8 Å². The van der Waals surface area contributed by atoms with Crippen molar-refractivity contribution in [1.29, 1.82) is 0 Å². The highest BCUT2D eigenvalue weighted by Crippen LogP contribution is 2.13. The van der Waals surface area contributed by atoms with Gasteiger partial charge in [0.15, 0.2) is 11.9 Å². The maximum atomic E-state index is 13.8. The molecule has 5 atom stereocenters. The van der Waals surface area contributed by atoms with E-state index in [1.807, 2.05) is 13.8 Å². The van der Waals surface area contributed by atoms with E-state index < -0.39 is 59.7 Å². The van der Waals surface area contributed by atoms with Crippen LogP contribution in [0.4, 0.5) is 0 Å². The number of aromatic amines is 1. The quantitative estimate of drug-likeness (QED) is 0.0304. The van der Waals surface area contributed by atoms with Gasteiger partial charge in [0.2, 0.25) is 29.5 Å². The van der Waals surface area contributed by atoms with Crippen molar-refractivity contribution < 1.29 is 29.1 Å². The third-order valence-corrected chi connectivity index (χ3v) is 7.86. The Hall–Kier alpha value is -5.92. The number of H-pyrrole nitrogens is 1. The number of primary amides is 1. The monoisotopic (exact) mass is 742 g/mol. The van der Waals surface area contributed by atoms with Crippen LogP contribution in [0.1, 0.15) is 57.2 Å². The summed E-state index contributed by atoms with van der Waals surface area (Å²) in [5, 5.41) is 20.3. The van der Waals surface area contributed by atoms with Gasteiger partial charge < -0.3 is 65.8 Å². The summed E-state index contributed by atoms with van der Waals surface area (Å²) >= 11 is 0. The van der Waals surface area contributed by atoms with Crippen molar-refractivity contribution in [2.45, 2.75) is 89.0 Å². The molecule has 0 fully saturated rings. The van der Waals surface area contributed by atoms with E-state index in [4.69, 9.17) is 34.4 Å². The van der Waals surface area contributed by atoms with Gasteiger partial charge in [0.05, 0.1) is 12.4 Å². The second-order valence-electron chi connectivity index (χ2n) is 12.9. The molecule has 20 nitrogen and oxygen atoms in total. The number of aromatic nitrogens is 2. The van der Waals surface area contributed by atoms with Crippen molar-refractivity contribution in [2.24, 2.45) is 50.3 Å². The molecule has 1 aromatic heterocycles. The Morgan fingerprint density at radius 2 is 1.23 bits per heavy atom. The first kappa shape index (κ1) is 43.2. The van der Waals surface area contributed by atoms with Gasteiger partial charge in [0.1, 0.15) is 29.9 Å². The van der Waals surface area contributed by atoms with Crippen LogP contribution in [0.3, 0.4) is 0 Å². The zero-order valence-corrected chi connectivity index (χ0v) is 30.1. The van der Waals surface area contributed by atoms with Crippen molar-refractivity contribution in [3.05, 3.63) is 48.0 Å². The Balaban J connectivity index is 2.27. The Morgan fingerprint density at radius 1 is 0.736 bits per heavy atom. The summed E-state index contributed by atoms with van der Waals surface area (Å²) in [5.74, 6) is -3.87. The van der Waals surface area contributed by atoms with Crippen LogP contribution < -0.4 is 55.7 Å². The molecule has 0 aliphatic rings. The highest BCUT2D eigenvalue weighted by molar-refractivity contribution is 5.95. The number of nitrogens with two attached hydrogens (primary N) is 6. The Bertz CT molecular complexity index is 1540. The van der Waals surface area contributed by atoms with Gasteiger partial charge in [-0.1, -0.05) is 26.0 Å². The molecule has 1 heterocycles. The summed E-state index contributed by atoms with van der Waals surface area (Å²) in [6.07, 6.45) is 4.01. The molecular weight excluding hydrogens is 688 g/mol. The predicted octanol–water partition coefficient (Wildman–Crippen LogP) is -3.19. The van der Waals surface area contributed by atoms with Crippen LogP contribution >= 0.6 is 0 Å². The number of nitrogens with zero attached hydrogens (tertiary/aromatic N) is 3. The number of carbonyl (C=O) groups is 5. The molecule has 0 bridgehead atoms. The number of benzene rings is 1. The lowest BCUT2D eigenvalue weighted by atomic mass is 10.0. The number of guanidine groups is 2. The number of hydrogen-bond acceptors (Lipinski definition) is 10. The van der Waals surface area contributed by atoms with Crippen LogP contribution in [-0.4, -0.2) is 99.8 Å². The zero-order chi connectivity index (χ0) is 39.5. The number of phenols is 1. The zero-order valence-electron chi connectivity index (χ0n) is 30.1. The van der Waals surface area contributed by atoms with Crippen LogP contribution in [-0.2, 0) is 36.8 Å². The minimum absolute atomic E-state index is 0.0177. The van der Waals surface area contributed by atoms with Crippen LogP contribution in [0.5, 0.6) is 5.75 Å². The number of carbonyl (C=O) groups excluding carboxylic acids is 5. The number of phenolic OH excluding ortho intramolecular Hbond substituents is 1. The first-order chi connectivity index (χ1) is 25.0. The van der Waals surface area contributed by atoms with Crippen molar-refractivity contribution in [3.63, 3.8) is 0 Å². The Kier molecular flexibility index (Phi) is 18.0. The predicted molar refractivity (Wildman–Crippen MR) is 198 cm³/mol. The van der Waals surface area contributed by atoms with Crippen molar-refractivity contribution >= 4 is 41.5 Å². The number of imidazole rings is 1. The second kappa shape index (κ2) is 22.1. The summed E-state index contributed by atoms with van der Waals surface area (Å²) in [4.78, 5) is 81.2. The van der Waals surface area contributed by atoms with Gasteiger partial charge in [0, 0.05) is 37.8 Å². The Morgan fingerprint density at radius 3 is 1.70 bits per heavy atom. The van der Waals surface area contributed by atoms with E-state index >= 15 is 0 Å². The third kappa shape index (κ3) is 16.8. The molecule has 20 heteroatoms. The van der Waals surface area contributed by atoms with Crippen LogP contribution in [0.25, 0.3) is 0 Å². The fraction of sp³-hybridized carbons (Fsp3) is 0.515. The molecule has 0 aliphatic heterocycles. The van der Waals surface area contributed by atoms with E-state index in [0.717, 1.165) is 0 Å². The normalized spacial score (nSPS) is 13.7. The van der Waals surface area contributed by atoms with Gasteiger partial charge >= 0.3 is 0 Å². The standard InChI is InChI=1S/C33H54N14O6/c1-18(2)13-26(47-30(52)23(5-3-11-41-32(36)37)44-28(50)22(34)15-20-16-40-17-43-20)31(53)45-24(6-4-12-42-33(38)39)29(51)46-25(27(35)49)14-19-7-9-21(48)10-8-19/h7-10,16-18,22-26,48H,3-6,11-15,34H2,1-2H3,(H2,35,49)(H,40,43)(H,44,50)(H,45,53)(H,46,51)(H,47,52)(H4,36,37,41)(H4,38,39,42)/t22-,23+,24-,25+,26+/m0/s1. The lowest BCUT2D eigenvalue weighted by Gasteiger charge is -2.27. The van der Waals surface area contributed by atoms with Gasteiger partial charge in [-0.25, -0.2) is 4.98 Å². The minimum atomic E-state index is -1.19. The number of aromatic hydroxyl groups is 1. The lowest BCUT2D eigenvalue weighted by molar-refractivity contribution is -0.135. The molecule has 0 unspecified atom stereocenters. The van der Waals surface area contributed by atoms with Gasteiger partial charge in [-0.2, -0.15) is 0 Å². The molecule has 18 N–H and O–H groups in total. The minimum Gasteiger partial charge on any atom is -0.508 e. The fourth-order valence-corrected chi connectivity index (χ4v) is 5.16. The van der Waals surface area contributed by atoms with Gasteiger partial charge in [-0.15, -0.1) is 0 Å². The van der Waals surface area contributed by atoms with Crippen LogP contribution in [0, 0.1) is 5.92 Å². The second-order valence-corrected chi connectivity index (χ2v) is 12.9. The third-order valence-electron chi connectivity index (χ3n) is 7.86. The molecule has 2 aromatic rings. The van der Waals surface area contributed by atoms with E-state index in [2.05, 4.69) is 41.2 Å². The molecular formula is C33H54N14O6. The highest BCUT2D eigenvalue weighted by atomic mass is 16.3. The van der Waals surface area contributed by atoms with E-state index in [-0.39, 0.29) is 75.2 Å². The molecule has 0 spiro atoms. The summed E-state index contributed by atoms with van der Waals surface area (Å²) < 4.78 is 0. The number of amides is 5. The van der Waals surface area contributed by atoms with Gasteiger partial charge in [-0.05, 0) is 55.7 Å². The summed E-state index contributed by atoms with van der Waals surface area (Å²) in [7, 11) is 0. The average molecular weight is 743 g/mol. The average Bonchev–Trinajstić information content (AvgIpc) is 3.60. The first-order valence-corrected chi connectivity index (χ1v) is 17.2. The molecule has 0 radical (unpaired) electrons. The van der Waals surface area contributed by atoms with E-state index in [9.17, 15) is 29.1 Å². The molecule has 292 valence electrons. The van der Waals surface area contributed by atoms with Crippen molar-refractivity contribution in [1.82, 2.24) is 31.2 Å². The summed E-state index contributed by atoms with van der Waals surface area (Å²) in [6, 6.07) is 0.385. The topological polar surface area (TPSA) is 363 Å². The SMILES string of the molecule is CC(C)C[C@@H](NC(=O)[C@@H](CCCN=C(N)N)NC(=O)[C@@H](N)Cc1cnc[nH]1)C(=O)N[C@@H](CCCN=C(N)N)C(=O)N[C@H](Cc1ccc(O)cc1)C(N)=O.